The number of alkyl carbamates (subject to hydrolysis) is 1. The number of aromatic nitrogens is 4. The number of hydrogen-bond donors (Lipinski definition) is 4. The van der Waals surface area contributed by atoms with Crippen molar-refractivity contribution >= 4 is 18.1 Å². The smallest absolute Gasteiger partial charge is 0.408 e. The first-order valence-electron chi connectivity index (χ1n) is 19.9. The molecule has 13 heteroatoms. The van der Waals surface area contributed by atoms with Gasteiger partial charge in [0.2, 0.25) is 5.91 Å². The Bertz CT molecular complexity index is 2220. The molecule has 0 bridgehead atoms. The molecule has 8 rings (SSSR count). The van der Waals surface area contributed by atoms with Crippen molar-refractivity contribution in [2.75, 3.05) is 13.7 Å². The van der Waals surface area contributed by atoms with Gasteiger partial charge in [0.15, 0.2) is 0 Å². The second-order valence-electron chi connectivity index (χ2n) is 17.6. The molecule has 0 radical (unpaired) electrons. The summed E-state index contributed by atoms with van der Waals surface area (Å²) in [6.45, 7) is 15.2. The summed E-state index contributed by atoms with van der Waals surface area (Å²) >= 11 is 0. The van der Waals surface area contributed by atoms with E-state index in [-0.39, 0.29) is 35.2 Å². The van der Waals surface area contributed by atoms with E-state index in [0.29, 0.717) is 19.6 Å². The van der Waals surface area contributed by atoms with Crippen LogP contribution in [0.4, 0.5) is 9.59 Å². The van der Waals surface area contributed by atoms with E-state index in [0.717, 1.165) is 88.0 Å². The molecule has 0 unspecified atom stereocenters. The summed E-state index contributed by atoms with van der Waals surface area (Å²) < 4.78 is 11.3. The lowest BCUT2D eigenvalue weighted by molar-refractivity contribution is -0.137. The Balaban J connectivity index is 1.07. The second-order valence-corrected chi connectivity index (χ2v) is 17.6. The second kappa shape index (κ2) is 13.7. The van der Waals surface area contributed by atoms with E-state index < -0.39 is 23.8 Å². The van der Waals surface area contributed by atoms with Gasteiger partial charge in [-0.25, -0.2) is 19.6 Å². The van der Waals surface area contributed by atoms with Crippen LogP contribution < -0.4 is 10.1 Å². The fourth-order valence-electron chi connectivity index (χ4n) is 9.76. The van der Waals surface area contributed by atoms with Crippen molar-refractivity contribution in [1.29, 1.82) is 0 Å². The van der Waals surface area contributed by atoms with Gasteiger partial charge >= 0.3 is 12.2 Å². The molecule has 4 N–H and O–H groups in total. The van der Waals surface area contributed by atoms with Gasteiger partial charge in [0.1, 0.15) is 35.6 Å². The molecule has 0 spiro atoms. The largest absolute Gasteiger partial charge is 0.488 e. The van der Waals surface area contributed by atoms with Crippen molar-refractivity contribution in [2.24, 2.45) is 17.3 Å². The first-order chi connectivity index (χ1) is 26.6. The number of rotatable bonds is 6. The molecule has 5 atom stereocenters. The Kier molecular flexibility index (Phi) is 9.20. The van der Waals surface area contributed by atoms with Crippen LogP contribution in [-0.2, 0) is 34.5 Å². The Morgan fingerprint density at radius 3 is 2.54 bits per heavy atom. The number of aryl methyl sites for hydroxylation is 2. The van der Waals surface area contributed by atoms with Crippen LogP contribution >= 0.6 is 0 Å². The summed E-state index contributed by atoms with van der Waals surface area (Å²) in [6.07, 6.45) is 4.21. The summed E-state index contributed by atoms with van der Waals surface area (Å²) in [5.74, 6) is 2.20. The monoisotopic (exact) mass is 763 g/mol. The normalized spacial score (nSPS) is 23.2. The number of carboxylic acid groups (broad SMARTS) is 1. The maximum absolute atomic E-state index is 13.8. The summed E-state index contributed by atoms with van der Waals surface area (Å²) in [5.41, 5.74) is 8.07. The number of fused-ring (bicyclic) bond motifs is 6. The molecule has 56 heavy (non-hydrogen) atoms. The average molecular weight is 764 g/mol. The molecule has 1 aliphatic carbocycles. The molecular weight excluding hydrogens is 711 g/mol. The molecule has 296 valence electrons. The zero-order chi connectivity index (χ0) is 39.8. The maximum atomic E-state index is 13.8. The van der Waals surface area contributed by atoms with Gasteiger partial charge in [0.05, 0.1) is 30.7 Å². The van der Waals surface area contributed by atoms with Crippen molar-refractivity contribution in [1.82, 2.24) is 35.1 Å². The third-order valence-electron chi connectivity index (χ3n) is 12.7. The number of carbonyl (C=O) groups is 3. The van der Waals surface area contributed by atoms with Gasteiger partial charge in [-0.3, -0.25) is 9.69 Å². The predicted molar refractivity (Wildman–Crippen MR) is 211 cm³/mol. The fourth-order valence-corrected chi connectivity index (χ4v) is 9.76. The molecule has 2 aromatic carbocycles. The highest BCUT2D eigenvalue weighted by Gasteiger charge is 2.57. The number of methoxy groups -OCH3 is 1. The van der Waals surface area contributed by atoms with Crippen LogP contribution in [0.1, 0.15) is 102 Å². The van der Waals surface area contributed by atoms with Crippen molar-refractivity contribution in [2.45, 2.75) is 111 Å². The fraction of sp³-hybridized carbons (Fsp3) is 0.512. The summed E-state index contributed by atoms with van der Waals surface area (Å²) in [4.78, 5) is 59.1. The number of benzene rings is 2. The van der Waals surface area contributed by atoms with Crippen LogP contribution in [-0.4, -0.2) is 78.7 Å². The predicted octanol–water partition coefficient (Wildman–Crippen LogP) is 7.82. The van der Waals surface area contributed by atoms with Gasteiger partial charge < -0.3 is 34.8 Å². The SMILES string of the molecule is COC(=O)N[C@H](C(=O)N1[C@@H](C)CC[C@H]1c1ncc(-c2ccc3c(c2)COc2cc4c(cc2-3)CCc2[nH]c([C@@]3(C(C)(C)C)C[C@H](C)CN3C(=O)O)nc2-4)[nH]1)C(C)C. The minimum absolute atomic E-state index is 0.00587. The molecule has 2 saturated heterocycles. The van der Waals surface area contributed by atoms with E-state index in [1.54, 1.807) is 4.90 Å². The van der Waals surface area contributed by atoms with Crippen molar-refractivity contribution in [3.05, 3.63) is 65.0 Å². The lowest BCUT2D eigenvalue weighted by Gasteiger charge is -2.45. The molecule has 3 aliphatic heterocycles. The van der Waals surface area contributed by atoms with Crippen LogP contribution in [0.25, 0.3) is 33.6 Å². The number of amides is 3. The highest BCUT2D eigenvalue weighted by atomic mass is 16.5. The molecule has 4 aliphatic rings. The van der Waals surface area contributed by atoms with Crippen molar-refractivity contribution < 1.29 is 29.0 Å². The number of nitrogens with one attached hydrogen (secondary N) is 3. The van der Waals surface area contributed by atoms with Crippen molar-refractivity contribution in [3.63, 3.8) is 0 Å². The van der Waals surface area contributed by atoms with Crippen molar-refractivity contribution in [3.8, 4) is 39.4 Å². The Morgan fingerprint density at radius 2 is 1.82 bits per heavy atom. The van der Waals surface area contributed by atoms with Crippen LogP contribution in [0.3, 0.4) is 0 Å². The summed E-state index contributed by atoms with van der Waals surface area (Å²) in [6, 6.07) is 9.78. The van der Waals surface area contributed by atoms with Crippen LogP contribution in [0.5, 0.6) is 5.75 Å². The first kappa shape index (κ1) is 37.6. The molecule has 2 fully saturated rings. The van der Waals surface area contributed by atoms with E-state index in [2.05, 4.69) is 73.3 Å². The number of nitrogens with zero attached hydrogens (tertiary/aromatic N) is 4. The number of aromatic amines is 2. The minimum atomic E-state index is -0.912. The standard InChI is InChI=1S/C43H53N7O6/c1-22(2)35(48-40(52)55-8)38(51)50-24(4)9-14-33(50)37-44-19-32(45-37)26-10-12-28-27(15-26)21-56-34-17-29-25(16-30(28)34)11-13-31-36(29)47-39(46-31)43(42(5,6)7)18-23(3)20-49(43)41(53)54/h10,12,15-17,19,22-24,33,35H,9,11,13-14,18,20-21H2,1-8H3,(H,44,45)(H,46,47)(H,48,52)(H,53,54)/t23-,24-,33-,35-,43+/m0/s1. The topological polar surface area (TPSA) is 166 Å². The van der Waals surface area contributed by atoms with Gasteiger partial charge in [0, 0.05) is 29.4 Å². The molecule has 13 nitrogen and oxygen atoms in total. The van der Waals surface area contributed by atoms with E-state index in [4.69, 9.17) is 19.4 Å². The summed E-state index contributed by atoms with van der Waals surface area (Å²) in [5, 5.41) is 13.1. The van der Waals surface area contributed by atoms with E-state index in [1.807, 2.05) is 31.9 Å². The molecular formula is C43H53N7O6. The van der Waals surface area contributed by atoms with E-state index >= 15 is 0 Å². The number of H-pyrrole nitrogens is 2. The Morgan fingerprint density at radius 1 is 1.04 bits per heavy atom. The van der Waals surface area contributed by atoms with Gasteiger partial charge in [-0.05, 0) is 96.7 Å². The number of likely N-dealkylation sites (tertiary alicyclic amines) is 2. The Hall–Kier alpha value is -5.33. The first-order valence-corrected chi connectivity index (χ1v) is 19.9. The maximum Gasteiger partial charge on any atom is 0.408 e. The molecule has 3 amide bonds. The van der Waals surface area contributed by atoms with Crippen LogP contribution in [0, 0.1) is 17.3 Å². The van der Waals surface area contributed by atoms with Gasteiger partial charge in [-0.15, -0.1) is 0 Å². The molecule has 5 heterocycles. The van der Waals surface area contributed by atoms with E-state index in [9.17, 15) is 19.5 Å². The zero-order valence-corrected chi connectivity index (χ0v) is 33.6. The number of carbonyl (C=O) groups excluding carboxylic acids is 2. The highest BCUT2D eigenvalue weighted by molar-refractivity contribution is 5.87. The quantitative estimate of drug-likeness (QED) is 0.154. The average Bonchev–Trinajstić information content (AvgIpc) is 3.97. The summed E-state index contributed by atoms with van der Waals surface area (Å²) in [7, 11) is 1.30. The number of hydrogen-bond acceptors (Lipinski definition) is 7. The third kappa shape index (κ3) is 6.01. The number of imidazole rings is 2. The highest BCUT2D eigenvalue weighted by Crippen LogP contribution is 2.53. The zero-order valence-electron chi connectivity index (χ0n) is 33.6. The third-order valence-corrected chi connectivity index (χ3v) is 12.7. The lowest BCUT2D eigenvalue weighted by Crippen LogP contribution is -2.53. The Labute approximate surface area is 327 Å². The van der Waals surface area contributed by atoms with Crippen LogP contribution in [0.2, 0.25) is 0 Å². The number of ether oxygens (including phenoxy) is 2. The van der Waals surface area contributed by atoms with Crippen LogP contribution in [0.15, 0.2) is 36.5 Å². The van der Waals surface area contributed by atoms with Gasteiger partial charge in [0.25, 0.3) is 0 Å². The van der Waals surface area contributed by atoms with Gasteiger partial charge in [-0.1, -0.05) is 53.7 Å². The molecule has 2 aromatic heterocycles. The van der Waals surface area contributed by atoms with E-state index in [1.165, 1.54) is 12.7 Å². The molecule has 4 aromatic rings. The minimum Gasteiger partial charge on any atom is -0.488 e. The van der Waals surface area contributed by atoms with Gasteiger partial charge in [-0.2, -0.15) is 0 Å². The lowest BCUT2D eigenvalue weighted by atomic mass is 9.70. The molecule has 0 saturated carbocycles.